The van der Waals surface area contributed by atoms with Crippen LogP contribution in [0.2, 0.25) is 0 Å². The van der Waals surface area contributed by atoms with Gasteiger partial charge in [0.2, 0.25) is 0 Å². The van der Waals surface area contributed by atoms with E-state index in [1.165, 1.54) is 0 Å². The van der Waals surface area contributed by atoms with Gasteiger partial charge in [-0.2, -0.15) is 0 Å². The zero-order chi connectivity index (χ0) is 17.3. The predicted octanol–water partition coefficient (Wildman–Crippen LogP) is 3.53. The fourth-order valence-corrected chi connectivity index (χ4v) is 3.72. The summed E-state index contributed by atoms with van der Waals surface area (Å²) in [5.41, 5.74) is 1.91. The van der Waals surface area contributed by atoms with Gasteiger partial charge in [-0.25, -0.2) is 0 Å². The van der Waals surface area contributed by atoms with Crippen molar-refractivity contribution in [2.75, 3.05) is 13.1 Å². The largest absolute Gasteiger partial charge is 0.393 e. The summed E-state index contributed by atoms with van der Waals surface area (Å²) in [6, 6.07) is 8.14. The Morgan fingerprint density at radius 3 is 2.75 bits per heavy atom. The molecular formula is C20H28N2O2. The van der Waals surface area contributed by atoms with Gasteiger partial charge in [-0.1, -0.05) is 32.0 Å². The zero-order valence-electron chi connectivity index (χ0n) is 14.9. The minimum Gasteiger partial charge on any atom is -0.393 e. The van der Waals surface area contributed by atoms with E-state index in [0.717, 1.165) is 42.4 Å². The van der Waals surface area contributed by atoms with Gasteiger partial charge >= 0.3 is 0 Å². The first-order valence-corrected chi connectivity index (χ1v) is 9.02. The number of para-hydroxylation sites is 1. The molecule has 0 spiro atoms. The Morgan fingerprint density at radius 1 is 1.29 bits per heavy atom. The first-order valence-electron chi connectivity index (χ1n) is 9.02. The molecule has 1 fully saturated rings. The minimum absolute atomic E-state index is 0.0963. The molecule has 2 unspecified atom stereocenters. The van der Waals surface area contributed by atoms with Gasteiger partial charge in [-0.3, -0.25) is 4.79 Å². The average molecular weight is 328 g/mol. The third-order valence-electron chi connectivity index (χ3n) is 5.01. The molecule has 1 saturated heterocycles. The molecule has 24 heavy (non-hydrogen) atoms. The lowest BCUT2D eigenvalue weighted by atomic mass is 9.93. The zero-order valence-corrected chi connectivity index (χ0v) is 14.9. The van der Waals surface area contributed by atoms with E-state index in [1.54, 1.807) is 0 Å². The topological polar surface area (TPSA) is 45.5 Å². The van der Waals surface area contributed by atoms with Gasteiger partial charge < -0.3 is 14.6 Å². The van der Waals surface area contributed by atoms with Crippen molar-refractivity contribution in [3.05, 3.63) is 36.0 Å². The number of fused-ring (bicyclic) bond motifs is 1. The average Bonchev–Trinajstić information content (AvgIpc) is 2.92. The minimum atomic E-state index is -0.358. The van der Waals surface area contributed by atoms with E-state index in [9.17, 15) is 9.90 Å². The standard InChI is InChI=1S/C20H28N2O2/c1-14(2)11-22-13-18(17-8-4-5-9-19(17)22)20(24)21-10-6-7-16(12-21)15(3)23/h4-5,8-9,13-16,23H,6-7,10-12H2,1-3H3. The second-order valence-electron chi connectivity index (χ2n) is 7.50. The van der Waals surface area contributed by atoms with Crippen LogP contribution in [0.3, 0.4) is 0 Å². The summed E-state index contributed by atoms with van der Waals surface area (Å²) >= 11 is 0. The number of hydrogen-bond donors (Lipinski definition) is 1. The van der Waals surface area contributed by atoms with Gasteiger partial charge in [-0.15, -0.1) is 0 Å². The second-order valence-corrected chi connectivity index (χ2v) is 7.50. The predicted molar refractivity (Wildman–Crippen MR) is 97.1 cm³/mol. The second kappa shape index (κ2) is 6.98. The first-order chi connectivity index (χ1) is 11.5. The normalized spacial score (nSPS) is 19.9. The smallest absolute Gasteiger partial charge is 0.256 e. The van der Waals surface area contributed by atoms with Crippen LogP contribution in [0.15, 0.2) is 30.5 Å². The summed E-state index contributed by atoms with van der Waals surface area (Å²) in [5.74, 6) is 0.809. The molecular weight excluding hydrogens is 300 g/mol. The molecule has 1 aliphatic heterocycles. The van der Waals surface area contributed by atoms with Crippen molar-refractivity contribution in [1.82, 2.24) is 9.47 Å². The SMILES string of the molecule is CC(C)Cn1cc(C(=O)N2CCCC(C(C)O)C2)c2ccccc21. The van der Waals surface area contributed by atoms with Crippen LogP contribution in [0.5, 0.6) is 0 Å². The maximum absolute atomic E-state index is 13.1. The number of carbonyl (C=O) groups is 1. The van der Waals surface area contributed by atoms with Gasteiger partial charge in [0.15, 0.2) is 0 Å². The number of hydrogen-bond acceptors (Lipinski definition) is 2. The molecule has 0 radical (unpaired) electrons. The monoisotopic (exact) mass is 328 g/mol. The van der Waals surface area contributed by atoms with Crippen molar-refractivity contribution in [1.29, 1.82) is 0 Å². The molecule has 1 N–H and O–H groups in total. The Kier molecular flexibility index (Phi) is 4.95. The molecule has 130 valence electrons. The van der Waals surface area contributed by atoms with E-state index in [2.05, 4.69) is 24.5 Å². The third kappa shape index (κ3) is 3.34. The number of carbonyl (C=O) groups excluding carboxylic acids is 1. The van der Waals surface area contributed by atoms with E-state index in [1.807, 2.05) is 36.2 Å². The Morgan fingerprint density at radius 2 is 2.04 bits per heavy atom. The van der Waals surface area contributed by atoms with Crippen LogP contribution in [0, 0.1) is 11.8 Å². The van der Waals surface area contributed by atoms with Gasteiger partial charge in [0.25, 0.3) is 5.91 Å². The van der Waals surface area contributed by atoms with Crippen molar-refractivity contribution in [2.45, 2.75) is 46.3 Å². The van der Waals surface area contributed by atoms with Crippen LogP contribution in [0.25, 0.3) is 10.9 Å². The lowest BCUT2D eigenvalue weighted by Crippen LogP contribution is -2.42. The lowest BCUT2D eigenvalue weighted by Gasteiger charge is -2.34. The number of rotatable bonds is 4. The van der Waals surface area contributed by atoms with Gasteiger partial charge in [0.05, 0.1) is 11.7 Å². The molecule has 1 aliphatic rings. The highest BCUT2D eigenvalue weighted by Gasteiger charge is 2.28. The molecule has 1 aromatic carbocycles. The Balaban J connectivity index is 1.92. The first kappa shape index (κ1) is 17.0. The fourth-order valence-electron chi connectivity index (χ4n) is 3.72. The molecule has 0 bridgehead atoms. The number of aromatic nitrogens is 1. The lowest BCUT2D eigenvalue weighted by molar-refractivity contribution is 0.0467. The molecule has 1 amide bonds. The van der Waals surface area contributed by atoms with Crippen molar-refractivity contribution in [3.63, 3.8) is 0 Å². The number of benzene rings is 1. The number of amides is 1. The molecule has 0 saturated carbocycles. The van der Waals surface area contributed by atoms with Crippen LogP contribution >= 0.6 is 0 Å². The summed E-state index contributed by atoms with van der Waals surface area (Å²) in [4.78, 5) is 15.0. The Hall–Kier alpha value is -1.81. The highest BCUT2D eigenvalue weighted by molar-refractivity contribution is 6.07. The number of likely N-dealkylation sites (tertiary alicyclic amines) is 1. The van der Waals surface area contributed by atoms with Crippen LogP contribution in [0.1, 0.15) is 44.0 Å². The quantitative estimate of drug-likeness (QED) is 0.933. The number of aliphatic hydroxyl groups is 1. The summed E-state index contributed by atoms with van der Waals surface area (Å²) in [7, 11) is 0. The Bertz CT molecular complexity index is 717. The van der Waals surface area contributed by atoms with Crippen molar-refractivity contribution in [3.8, 4) is 0 Å². The number of aliphatic hydroxyl groups excluding tert-OH is 1. The molecule has 2 atom stereocenters. The molecule has 2 heterocycles. The van der Waals surface area contributed by atoms with Crippen LogP contribution in [-0.4, -0.2) is 39.7 Å². The Labute approximate surface area is 144 Å². The van der Waals surface area contributed by atoms with Crippen LogP contribution in [-0.2, 0) is 6.54 Å². The summed E-state index contributed by atoms with van der Waals surface area (Å²) in [6.07, 6.45) is 3.62. The van der Waals surface area contributed by atoms with Crippen LogP contribution in [0.4, 0.5) is 0 Å². The third-order valence-corrected chi connectivity index (χ3v) is 5.01. The van der Waals surface area contributed by atoms with Crippen molar-refractivity contribution in [2.24, 2.45) is 11.8 Å². The number of nitrogens with zero attached hydrogens (tertiary/aromatic N) is 2. The van der Waals surface area contributed by atoms with E-state index >= 15 is 0 Å². The number of piperidine rings is 1. The van der Waals surface area contributed by atoms with E-state index in [4.69, 9.17) is 0 Å². The van der Waals surface area contributed by atoms with Crippen molar-refractivity contribution < 1.29 is 9.90 Å². The maximum Gasteiger partial charge on any atom is 0.256 e. The van der Waals surface area contributed by atoms with Gasteiger partial charge in [0, 0.05) is 42.7 Å². The summed E-state index contributed by atoms with van der Waals surface area (Å²) in [6.45, 7) is 8.55. The van der Waals surface area contributed by atoms with Crippen LogP contribution < -0.4 is 0 Å². The molecule has 3 rings (SSSR count). The summed E-state index contributed by atoms with van der Waals surface area (Å²) in [5, 5.41) is 10.9. The fraction of sp³-hybridized carbons (Fsp3) is 0.550. The highest BCUT2D eigenvalue weighted by Crippen LogP contribution is 2.26. The maximum atomic E-state index is 13.1. The van der Waals surface area contributed by atoms with E-state index in [0.29, 0.717) is 12.5 Å². The van der Waals surface area contributed by atoms with Crippen molar-refractivity contribution >= 4 is 16.8 Å². The van der Waals surface area contributed by atoms with E-state index < -0.39 is 0 Å². The molecule has 1 aromatic heterocycles. The molecule has 2 aromatic rings. The molecule has 4 nitrogen and oxygen atoms in total. The molecule has 0 aliphatic carbocycles. The molecule has 4 heteroatoms. The van der Waals surface area contributed by atoms with Gasteiger partial charge in [-0.05, 0) is 31.7 Å². The summed E-state index contributed by atoms with van der Waals surface area (Å²) < 4.78 is 2.20. The van der Waals surface area contributed by atoms with E-state index in [-0.39, 0.29) is 17.9 Å². The van der Waals surface area contributed by atoms with Gasteiger partial charge in [0.1, 0.15) is 0 Å². The highest BCUT2D eigenvalue weighted by atomic mass is 16.3.